The molecule has 0 bridgehead atoms. The Morgan fingerprint density at radius 2 is 1.86 bits per heavy atom. The van der Waals surface area contributed by atoms with Crippen molar-refractivity contribution in [1.82, 2.24) is 9.55 Å². The van der Waals surface area contributed by atoms with Crippen LogP contribution < -0.4 is 10.4 Å². The summed E-state index contributed by atoms with van der Waals surface area (Å²) in [6.07, 6.45) is 1.66. The van der Waals surface area contributed by atoms with Gasteiger partial charge in [0.05, 0.1) is 18.5 Å². The van der Waals surface area contributed by atoms with E-state index in [1.165, 1.54) is 10.6 Å². The van der Waals surface area contributed by atoms with E-state index < -0.39 is 0 Å². The Labute approximate surface area is 126 Å². The summed E-state index contributed by atoms with van der Waals surface area (Å²) in [5, 5.41) is 0. The minimum absolute atomic E-state index is 0.311. The first-order valence-electron chi connectivity index (χ1n) is 6.81. The standard InChI is InChI=1S/C17H15FN2O2/c1-11-3-6-13(9-15(11)18)20-10-16(19-17(20)21)12-4-7-14(22-2)8-5-12/h3-10H,1-2H3,(H,19,21). The number of aromatic amines is 1. The quantitative estimate of drug-likeness (QED) is 0.806. The van der Waals surface area contributed by atoms with Crippen LogP contribution in [0.15, 0.2) is 53.5 Å². The molecule has 0 saturated heterocycles. The zero-order valence-corrected chi connectivity index (χ0v) is 12.3. The minimum Gasteiger partial charge on any atom is -0.497 e. The summed E-state index contributed by atoms with van der Waals surface area (Å²) in [6, 6.07) is 12.0. The predicted molar refractivity (Wildman–Crippen MR) is 83.1 cm³/mol. The third-order valence-corrected chi connectivity index (χ3v) is 3.55. The predicted octanol–water partition coefficient (Wildman–Crippen LogP) is 3.29. The van der Waals surface area contributed by atoms with Crippen molar-refractivity contribution < 1.29 is 9.13 Å². The van der Waals surface area contributed by atoms with Gasteiger partial charge in [-0.15, -0.1) is 0 Å². The van der Waals surface area contributed by atoms with Gasteiger partial charge in [0, 0.05) is 6.20 Å². The third kappa shape index (κ3) is 2.53. The number of aryl methyl sites for hydroxylation is 1. The number of hydrogen-bond acceptors (Lipinski definition) is 2. The average molecular weight is 298 g/mol. The van der Waals surface area contributed by atoms with Crippen LogP contribution in [0.25, 0.3) is 16.9 Å². The van der Waals surface area contributed by atoms with E-state index in [4.69, 9.17) is 4.74 Å². The van der Waals surface area contributed by atoms with Gasteiger partial charge in [0.25, 0.3) is 0 Å². The lowest BCUT2D eigenvalue weighted by atomic mass is 10.1. The van der Waals surface area contributed by atoms with Crippen LogP contribution in [0, 0.1) is 12.7 Å². The molecule has 0 atom stereocenters. The van der Waals surface area contributed by atoms with Crippen LogP contribution >= 0.6 is 0 Å². The van der Waals surface area contributed by atoms with E-state index in [2.05, 4.69) is 4.98 Å². The minimum atomic E-state index is -0.336. The number of hydrogen-bond donors (Lipinski definition) is 1. The maximum absolute atomic E-state index is 13.7. The van der Waals surface area contributed by atoms with Crippen LogP contribution in [0.5, 0.6) is 5.75 Å². The second-order valence-corrected chi connectivity index (χ2v) is 5.00. The molecule has 0 fully saturated rings. The molecule has 0 saturated carbocycles. The summed E-state index contributed by atoms with van der Waals surface area (Å²) in [6.45, 7) is 1.68. The van der Waals surface area contributed by atoms with E-state index in [1.54, 1.807) is 32.4 Å². The maximum atomic E-state index is 13.7. The smallest absolute Gasteiger partial charge is 0.330 e. The first-order valence-corrected chi connectivity index (χ1v) is 6.81. The van der Waals surface area contributed by atoms with Gasteiger partial charge in [0.15, 0.2) is 0 Å². The van der Waals surface area contributed by atoms with E-state index in [9.17, 15) is 9.18 Å². The number of halogens is 1. The van der Waals surface area contributed by atoms with Crippen molar-refractivity contribution in [3.05, 3.63) is 70.5 Å². The molecule has 22 heavy (non-hydrogen) atoms. The number of nitrogens with zero attached hydrogens (tertiary/aromatic N) is 1. The molecule has 0 aliphatic carbocycles. The van der Waals surface area contributed by atoms with Gasteiger partial charge < -0.3 is 9.72 Å². The summed E-state index contributed by atoms with van der Waals surface area (Å²) in [5.41, 5.74) is 2.23. The van der Waals surface area contributed by atoms with Crippen molar-refractivity contribution in [2.24, 2.45) is 0 Å². The summed E-state index contributed by atoms with van der Waals surface area (Å²) >= 11 is 0. The largest absolute Gasteiger partial charge is 0.497 e. The maximum Gasteiger partial charge on any atom is 0.330 e. The van der Waals surface area contributed by atoms with Crippen LogP contribution in [0.3, 0.4) is 0 Å². The number of ether oxygens (including phenoxy) is 1. The van der Waals surface area contributed by atoms with E-state index in [0.29, 0.717) is 16.9 Å². The first kappa shape index (κ1) is 14.1. The van der Waals surface area contributed by atoms with Gasteiger partial charge >= 0.3 is 5.69 Å². The lowest BCUT2D eigenvalue weighted by Crippen LogP contribution is -2.14. The fourth-order valence-electron chi connectivity index (χ4n) is 2.24. The highest BCUT2D eigenvalue weighted by molar-refractivity contribution is 5.60. The topological polar surface area (TPSA) is 47.0 Å². The normalized spacial score (nSPS) is 10.7. The van der Waals surface area contributed by atoms with Crippen LogP contribution in [0.4, 0.5) is 4.39 Å². The molecule has 0 unspecified atom stereocenters. The fourth-order valence-corrected chi connectivity index (χ4v) is 2.24. The molecule has 0 aliphatic heterocycles. The monoisotopic (exact) mass is 298 g/mol. The number of methoxy groups -OCH3 is 1. The molecular formula is C17H15FN2O2. The number of benzene rings is 2. The second-order valence-electron chi connectivity index (χ2n) is 5.00. The summed E-state index contributed by atoms with van der Waals surface area (Å²) in [7, 11) is 1.60. The Bertz CT molecular complexity index is 863. The Hall–Kier alpha value is -2.82. The fraction of sp³-hybridized carbons (Fsp3) is 0.118. The van der Waals surface area contributed by atoms with Crippen LogP contribution in [-0.2, 0) is 0 Å². The SMILES string of the molecule is COc1ccc(-c2cn(-c3ccc(C)c(F)c3)c(=O)[nH]2)cc1. The van der Waals surface area contributed by atoms with Gasteiger partial charge in [-0.3, -0.25) is 4.57 Å². The van der Waals surface area contributed by atoms with Crippen molar-refractivity contribution in [3.63, 3.8) is 0 Å². The molecule has 0 spiro atoms. The van der Waals surface area contributed by atoms with Gasteiger partial charge in [-0.2, -0.15) is 0 Å². The molecule has 1 N–H and O–H groups in total. The number of H-pyrrole nitrogens is 1. The molecule has 5 heteroatoms. The molecule has 1 aromatic heterocycles. The zero-order valence-electron chi connectivity index (χ0n) is 12.3. The van der Waals surface area contributed by atoms with Crippen molar-refractivity contribution in [2.45, 2.75) is 6.92 Å². The number of imidazole rings is 1. The van der Waals surface area contributed by atoms with Gasteiger partial charge in [-0.05, 0) is 54.4 Å². The Kier molecular flexibility index (Phi) is 3.55. The second kappa shape index (κ2) is 5.52. The number of rotatable bonds is 3. The molecule has 0 radical (unpaired) electrons. The molecule has 0 amide bonds. The lowest BCUT2D eigenvalue weighted by Gasteiger charge is -2.03. The summed E-state index contributed by atoms with van der Waals surface area (Å²) < 4.78 is 20.2. The van der Waals surface area contributed by atoms with E-state index in [0.717, 1.165) is 11.3 Å². The molecule has 2 aromatic carbocycles. The van der Waals surface area contributed by atoms with Crippen LogP contribution in [0.1, 0.15) is 5.56 Å². The van der Waals surface area contributed by atoms with E-state index in [1.807, 2.05) is 24.3 Å². The van der Waals surface area contributed by atoms with Crippen molar-refractivity contribution in [1.29, 1.82) is 0 Å². The highest BCUT2D eigenvalue weighted by atomic mass is 19.1. The lowest BCUT2D eigenvalue weighted by molar-refractivity contribution is 0.415. The summed E-state index contributed by atoms with van der Waals surface area (Å²) in [5.74, 6) is 0.405. The number of nitrogens with one attached hydrogen (secondary N) is 1. The molecule has 3 aromatic rings. The van der Waals surface area contributed by atoms with Crippen molar-refractivity contribution in [2.75, 3.05) is 7.11 Å². The highest BCUT2D eigenvalue weighted by Crippen LogP contribution is 2.21. The Balaban J connectivity index is 2.02. The van der Waals surface area contributed by atoms with E-state index in [-0.39, 0.29) is 11.5 Å². The molecular weight excluding hydrogens is 283 g/mol. The summed E-state index contributed by atoms with van der Waals surface area (Å²) in [4.78, 5) is 14.9. The zero-order chi connectivity index (χ0) is 15.7. The Morgan fingerprint density at radius 3 is 2.50 bits per heavy atom. The van der Waals surface area contributed by atoms with Gasteiger partial charge in [0.2, 0.25) is 0 Å². The van der Waals surface area contributed by atoms with Crippen LogP contribution in [-0.4, -0.2) is 16.7 Å². The number of aromatic nitrogens is 2. The molecule has 1 heterocycles. The molecule has 0 aliphatic rings. The first-order chi connectivity index (χ1) is 10.6. The highest BCUT2D eigenvalue weighted by Gasteiger charge is 2.09. The molecule has 3 rings (SSSR count). The van der Waals surface area contributed by atoms with E-state index >= 15 is 0 Å². The van der Waals surface area contributed by atoms with Crippen molar-refractivity contribution in [3.8, 4) is 22.7 Å². The van der Waals surface area contributed by atoms with Gasteiger partial charge in [-0.25, -0.2) is 9.18 Å². The molecule has 4 nitrogen and oxygen atoms in total. The Morgan fingerprint density at radius 1 is 1.14 bits per heavy atom. The average Bonchev–Trinajstić information content (AvgIpc) is 2.92. The van der Waals surface area contributed by atoms with Crippen molar-refractivity contribution >= 4 is 0 Å². The third-order valence-electron chi connectivity index (χ3n) is 3.55. The van der Waals surface area contributed by atoms with Gasteiger partial charge in [-0.1, -0.05) is 6.07 Å². The van der Waals surface area contributed by atoms with Gasteiger partial charge in [0.1, 0.15) is 11.6 Å². The van der Waals surface area contributed by atoms with Crippen LogP contribution in [0.2, 0.25) is 0 Å². The molecule has 112 valence electrons.